The van der Waals surface area contributed by atoms with E-state index in [4.69, 9.17) is 9.31 Å². The largest absolute Gasteiger partial charge is 0.494 e. The van der Waals surface area contributed by atoms with E-state index >= 15 is 0 Å². The summed E-state index contributed by atoms with van der Waals surface area (Å²) < 4.78 is 39.0. The van der Waals surface area contributed by atoms with Gasteiger partial charge < -0.3 is 14.6 Å². The summed E-state index contributed by atoms with van der Waals surface area (Å²) in [6.07, 6.45) is -1.22. The standard InChI is InChI=1S/C22H27BF2N2O5/c1-19(2)20(3,4)32-23(31-19)15-7-5-14(6-8-15)16(28)13-27-17(29)21(26-18(27)30)9-11-22(24,25)12-10-21/h5-8H,9-13H2,1-4H3,(H,26,30). The molecule has 7 nitrogen and oxygen atoms in total. The monoisotopic (exact) mass is 448 g/mol. The summed E-state index contributed by atoms with van der Waals surface area (Å²) in [5.74, 6) is -3.87. The number of urea groups is 1. The molecule has 0 radical (unpaired) electrons. The van der Waals surface area contributed by atoms with E-state index in [9.17, 15) is 23.2 Å². The third kappa shape index (κ3) is 3.83. The number of carbonyl (C=O) groups excluding carboxylic acids is 3. The van der Waals surface area contributed by atoms with Crippen LogP contribution in [0.4, 0.5) is 13.6 Å². The Hall–Kier alpha value is -2.33. The molecule has 3 fully saturated rings. The summed E-state index contributed by atoms with van der Waals surface area (Å²) in [4.78, 5) is 38.8. The van der Waals surface area contributed by atoms with Crippen LogP contribution in [0.25, 0.3) is 0 Å². The molecule has 4 rings (SSSR count). The van der Waals surface area contributed by atoms with Gasteiger partial charge in [0.15, 0.2) is 5.78 Å². The van der Waals surface area contributed by atoms with Crippen molar-refractivity contribution in [2.75, 3.05) is 6.54 Å². The van der Waals surface area contributed by atoms with E-state index in [1.807, 2.05) is 27.7 Å². The molecule has 172 valence electrons. The van der Waals surface area contributed by atoms with Gasteiger partial charge in [-0.1, -0.05) is 24.3 Å². The SMILES string of the molecule is CC1(C)OB(c2ccc(C(=O)CN3C(=O)NC4(CCC(F)(F)CC4)C3=O)cc2)OC1(C)C. The van der Waals surface area contributed by atoms with Crippen molar-refractivity contribution in [3.8, 4) is 0 Å². The lowest BCUT2D eigenvalue weighted by atomic mass is 9.78. The zero-order valence-electron chi connectivity index (χ0n) is 18.7. The van der Waals surface area contributed by atoms with Gasteiger partial charge in [0.1, 0.15) is 5.54 Å². The van der Waals surface area contributed by atoms with E-state index < -0.39 is 66.9 Å². The van der Waals surface area contributed by atoms with Gasteiger partial charge in [0.05, 0.1) is 17.7 Å². The van der Waals surface area contributed by atoms with Crippen LogP contribution in [0.1, 0.15) is 63.7 Å². The van der Waals surface area contributed by atoms with E-state index in [0.717, 1.165) is 10.4 Å². The van der Waals surface area contributed by atoms with Gasteiger partial charge >= 0.3 is 13.1 Å². The first kappa shape index (κ1) is 22.9. The Bertz CT molecular complexity index is 938. The minimum Gasteiger partial charge on any atom is -0.399 e. The third-order valence-corrected chi connectivity index (χ3v) is 7.14. The number of nitrogens with one attached hydrogen (secondary N) is 1. The Morgan fingerprint density at radius 2 is 1.53 bits per heavy atom. The molecule has 3 aliphatic rings. The lowest BCUT2D eigenvalue weighted by Gasteiger charge is -2.34. The molecule has 2 saturated heterocycles. The molecule has 1 aromatic rings. The van der Waals surface area contributed by atoms with Crippen LogP contribution in [0, 0.1) is 0 Å². The van der Waals surface area contributed by atoms with Crippen LogP contribution in [0.2, 0.25) is 0 Å². The number of Topliss-reactive ketones (excluding diaryl/α,β-unsaturated/α-hetero) is 1. The molecule has 1 aliphatic carbocycles. The zero-order valence-corrected chi connectivity index (χ0v) is 18.7. The van der Waals surface area contributed by atoms with Crippen molar-refractivity contribution in [1.82, 2.24) is 10.2 Å². The van der Waals surface area contributed by atoms with Gasteiger partial charge in [-0.05, 0) is 46.0 Å². The summed E-state index contributed by atoms with van der Waals surface area (Å²) in [5.41, 5.74) is -1.25. The Kier molecular flexibility index (Phi) is 5.25. The number of rotatable bonds is 4. The molecule has 0 aromatic heterocycles. The van der Waals surface area contributed by atoms with Crippen LogP contribution < -0.4 is 10.8 Å². The highest BCUT2D eigenvalue weighted by Crippen LogP contribution is 2.41. The second kappa shape index (κ2) is 7.35. The van der Waals surface area contributed by atoms with E-state index in [2.05, 4.69) is 5.32 Å². The number of nitrogens with zero attached hydrogens (tertiary/aromatic N) is 1. The molecule has 32 heavy (non-hydrogen) atoms. The van der Waals surface area contributed by atoms with Crippen LogP contribution in [0.15, 0.2) is 24.3 Å². The third-order valence-electron chi connectivity index (χ3n) is 7.14. The van der Waals surface area contributed by atoms with Crippen molar-refractivity contribution < 1.29 is 32.5 Å². The number of alkyl halides is 2. The molecule has 10 heteroatoms. The van der Waals surface area contributed by atoms with E-state index in [1.165, 1.54) is 0 Å². The molecule has 2 heterocycles. The molecule has 1 aromatic carbocycles. The predicted octanol–water partition coefficient (Wildman–Crippen LogP) is 2.67. The second-order valence-electron chi connectivity index (χ2n) is 9.89. The van der Waals surface area contributed by atoms with Crippen molar-refractivity contribution in [2.24, 2.45) is 0 Å². The van der Waals surface area contributed by atoms with Gasteiger partial charge in [0.2, 0.25) is 5.92 Å². The number of hydrogen-bond donors (Lipinski definition) is 1. The summed E-state index contributed by atoms with van der Waals surface area (Å²) in [6.45, 7) is 7.34. The molecule has 0 unspecified atom stereocenters. The maximum atomic E-state index is 13.5. The molecule has 1 spiro atoms. The fourth-order valence-electron chi connectivity index (χ4n) is 4.24. The first-order valence-corrected chi connectivity index (χ1v) is 10.8. The number of imide groups is 1. The Balaban J connectivity index is 1.42. The maximum absolute atomic E-state index is 13.5. The Morgan fingerprint density at radius 3 is 2.06 bits per heavy atom. The molecule has 2 aliphatic heterocycles. The Labute approximate surface area is 185 Å². The van der Waals surface area contributed by atoms with Crippen molar-refractivity contribution in [3.05, 3.63) is 29.8 Å². The van der Waals surface area contributed by atoms with Crippen LogP contribution in [0.3, 0.4) is 0 Å². The number of halogens is 2. The van der Waals surface area contributed by atoms with Crippen molar-refractivity contribution >= 4 is 30.3 Å². The predicted molar refractivity (Wildman–Crippen MR) is 113 cm³/mol. The highest BCUT2D eigenvalue weighted by molar-refractivity contribution is 6.62. The zero-order chi connectivity index (χ0) is 23.5. The molecule has 0 atom stereocenters. The van der Waals surface area contributed by atoms with E-state index in [-0.39, 0.29) is 12.8 Å². The topological polar surface area (TPSA) is 84.9 Å². The van der Waals surface area contributed by atoms with Crippen molar-refractivity contribution in [2.45, 2.75) is 76.0 Å². The highest BCUT2D eigenvalue weighted by Gasteiger charge is 2.56. The van der Waals surface area contributed by atoms with E-state index in [0.29, 0.717) is 5.56 Å². The number of benzene rings is 1. The minimum atomic E-state index is -2.83. The molecular weight excluding hydrogens is 421 g/mol. The van der Waals surface area contributed by atoms with E-state index in [1.54, 1.807) is 24.3 Å². The van der Waals surface area contributed by atoms with Crippen LogP contribution in [0.5, 0.6) is 0 Å². The van der Waals surface area contributed by atoms with Crippen molar-refractivity contribution in [1.29, 1.82) is 0 Å². The second-order valence-corrected chi connectivity index (χ2v) is 9.89. The number of carbonyl (C=O) groups is 3. The number of amides is 3. The molecule has 3 amide bonds. The molecular formula is C22H27BF2N2O5. The summed E-state index contributed by atoms with van der Waals surface area (Å²) in [5, 5.41) is 2.54. The smallest absolute Gasteiger partial charge is 0.399 e. The van der Waals surface area contributed by atoms with Crippen LogP contribution in [-0.2, 0) is 14.1 Å². The minimum absolute atomic E-state index is 0.141. The van der Waals surface area contributed by atoms with Gasteiger partial charge in [-0.3, -0.25) is 14.5 Å². The quantitative estimate of drug-likeness (QED) is 0.435. The lowest BCUT2D eigenvalue weighted by Crippen LogP contribution is -2.51. The molecule has 0 bridgehead atoms. The van der Waals surface area contributed by atoms with Gasteiger partial charge in [-0.2, -0.15) is 0 Å². The highest BCUT2D eigenvalue weighted by atomic mass is 19.3. The molecule has 1 N–H and O–H groups in total. The summed E-state index contributed by atoms with van der Waals surface area (Å²) in [7, 11) is -0.570. The fraction of sp³-hybridized carbons (Fsp3) is 0.591. The Morgan fingerprint density at radius 1 is 1.00 bits per heavy atom. The number of hydrogen-bond acceptors (Lipinski definition) is 5. The average Bonchev–Trinajstić information content (AvgIpc) is 3.07. The lowest BCUT2D eigenvalue weighted by molar-refractivity contribution is -0.135. The first-order valence-electron chi connectivity index (χ1n) is 10.8. The van der Waals surface area contributed by atoms with Crippen molar-refractivity contribution in [3.63, 3.8) is 0 Å². The average molecular weight is 448 g/mol. The maximum Gasteiger partial charge on any atom is 0.494 e. The first-order chi connectivity index (χ1) is 14.8. The summed E-state index contributed by atoms with van der Waals surface area (Å²) >= 11 is 0. The van der Waals surface area contributed by atoms with Crippen LogP contribution >= 0.6 is 0 Å². The summed E-state index contributed by atoms with van der Waals surface area (Å²) in [6, 6.07) is 5.90. The van der Waals surface area contributed by atoms with Gasteiger partial charge in [0, 0.05) is 18.4 Å². The van der Waals surface area contributed by atoms with Gasteiger partial charge in [-0.15, -0.1) is 0 Å². The van der Waals surface area contributed by atoms with Crippen LogP contribution in [-0.4, -0.2) is 58.9 Å². The normalized spacial score (nSPS) is 25.3. The van der Waals surface area contributed by atoms with Gasteiger partial charge in [0.25, 0.3) is 5.91 Å². The number of ketones is 1. The fourth-order valence-corrected chi connectivity index (χ4v) is 4.24. The van der Waals surface area contributed by atoms with Gasteiger partial charge in [-0.25, -0.2) is 13.6 Å². The molecule has 1 saturated carbocycles.